The summed E-state index contributed by atoms with van der Waals surface area (Å²) >= 11 is 0. The second kappa shape index (κ2) is 9.49. The summed E-state index contributed by atoms with van der Waals surface area (Å²) < 4.78 is 13.3. The Hall–Kier alpha value is -1.91. The summed E-state index contributed by atoms with van der Waals surface area (Å²) in [6.07, 6.45) is 15.5. The maximum Gasteiger partial charge on any atom is 0.257 e. The molecule has 3 aliphatic rings. The van der Waals surface area contributed by atoms with Crippen LogP contribution in [-0.4, -0.2) is 22.3 Å². The van der Waals surface area contributed by atoms with E-state index in [-0.39, 0.29) is 11.7 Å². The third-order valence-electron chi connectivity index (χ3n) is 7.54. The molecule has 4 nitrogen and oxygen atoms in total. The number of carbonyl (C=O) groups is 1. The zero-order valence-electron chi connectivity index (χ0n) is 18.1. The minimum Gasteiger partial charge on any atom is -0.369 e. The number of carbonyl (C=O) groups excluding carboxylic acids is 1. The number of benzene rings is 1. The van der Waals surface area contributed by atoms with Gasteiger partial charge in [-0.1, -0.05) is 76.3 Å². The number of amides is 1. The summed E-state index contributed by atoms with van der Waals surface area (Å²) in [5, 5.41) is 0. The van der Waals surface area contributed by atoms with Gasteiger partial charge < -0.3 is 5.73 Å². The van der Waals surface area contributed by atoms with Crippen molar-refractivity contribution in [2.75, 3.05) is 0 Å². The van der Waals surface area contributed by atoms with Gasteiger partial charge in [-0.15, -0.1) is 0 Å². The Morgan fingerprint density at radius 3 is 2.20 bits per heavy atom. The second-order valence-electron chi connectivity index (χ2n) is 9.77. The smallest absolute Gasteiger partial charge is 0.257 e. The molecule has 164 valence electrons. The van der Waals surface area contributed by atoms with Crippen molar-refractivity contribution >= 4 is 11.9 Å². The molecule has 1 atom stereocenters. The number of rotatable bonds is 7. The van der Waals surface area contributed by atoms with Crippen molar-refractivity contribution in [1.82, 2.24) is 4.90 Å². The highest BCUT2D eigenvalue weighted by atomic mass is 19.1. The summed E-state index contributed by atoms with van der Waals surface area (Å²) in [6.45, 7) is 0.365. The van der Waals surface area contributed by atoms with Gasteiger partial charge in [-0.2, -0.15) is 0 Å². The van der Waals surface area contributed by atoms with E-state index >= 15 is 0 Å². The number of aliphatic imine (C=N–C) groups is 1. The van der Waals surface area contributed by atoms with Gasteiger partial charge in [0.15, 0.2) is 5.96 Å². The standard InChI is InChI=1S/C25H36FN3O/c26-22-13-11-21(12-14-22)18-29-23(30)25(28-24(29)27,17-20-9-5-2-6-10-20)16-15-19-7-3-1-4-8-19/h11-14,19-20H,1-10,15-18H2,(H2,27,28)/t25-/m1/s1. The Kier molecular flexibility index (Phi) is 6.74. The number of halogens is 1. The fraction of sp³-hybridized carbons (Fsp3) is 0.680. The number of hydrogen-bond acceptors (Lipinski definition) is 3. The molecule has 1 heterocycles. The van der Waals surface area contributed by atoms with Crippen molar-refractivity contribution < 1.29 is 9.18 Å². The zero-order chi connectivity index (χ0) is 21.0. The van der Waals surface area contributed by atoms with Gasteiger partial charge in [-0.3, -0.25) is 9.69 Å². The fourth-order valence-electron chi connectivity index (χ4n) is 5.79. The first-order valence-corrected chi connectivity index (χ1v) is 12.0. The molecule has 2 aliphatic carbocycles. The molecule has 2 fully saturated rings. The van der Waals surface area contributed by atoms with Crippen LogP contribution in [0.1, 0.15) is 89.0 Å². The van der Waals surface area contributed by atoms with Crippen LogP contribution < -0.4 is 5.73 Å². The van der Waals surface area contributed by atoms with Crippen molar-refractivity contribution in [3.8, 4) is 0 Å². The van der Waals surface area contributed by atoms with E-state index in [1.807, 2.05) is 0 Å². The van der Waals surface area contributed by atoms with Gasteiger partial charge in [0.2, 0.25) is 0 Å². The molecule has 0 spiro atoms. The third kappa shape index (κ3) is 4.87. The van der Waals surface area contributed by atoms with Crippen LogP contribution in [0.3, 0.4) is 0 Å². The van der Waals surface area contributed by atoms with Gasteiger partial charge in [0.25, 0.3) is 5.91 Å². The Morgan fingerprint density at radius 1 is 0.967 bits per heavy atom. The molecule has 1 aliphatic heterocycles. The van der Waals surface area contributed by atoms with Crippen LogP contribution in [0.15, 0.2) is 29.3 Å². The van der Waals surface area contributed by atoms with Crippen molar-refractivity contribution in [3.05, 3.63) is 35.6 Å². The van der Waals surface area contributed by atoms with Crippen LogP contribution >= 0.6 is 0 Å². The summed E-state index contributed by atoms with van der Waals surface area (Å²) in [7, 11) is 0. The topological polar surface area (TPSA) is 58.7 Å². The summed E-state index contributed by atoms with van der Waals surface area (Å²) in [5.74, 6) is 1.41. The highest BCUT2D eigenvalue weighted by molar-refractivity contribution is 6.06. The molecule has 0 saturated heterocycles. The van der Waals surface area contributed by atoms with Gasteiger partial charge in [-0.05, 0) is 48.8 Å². The maximum atomic E-state index is 13.7. The Morgan fingerprint density at radius 2 is 1.57 bits per heavy atom. The van der Waals surface area contributed by atoms with Gasteiger partial charge in [0, 0.05) is 0 Å². The van der Waals surface area contributed by atoms with Gasteiger partial charge >= 0.3 is 0 Å². The Labute approximate surface area is 180 Å². The van der Waals surface area contributed by atoms with E-state index in [2.05, 4.69) is 0 Å². The monoisotopic (exact) mass is 413 g/mol. The number of guanidine groups is 1. The Balaban J connectivity index is 1.51. The molecule has 2 saturated carbocycles. The minimum absolute atomic E-state index is 0.0608. The summed E-state index contributed by atoms with van der Waals surface area (Å²) in [4.78, 5) is 20.2. The lowest BCUT2D eigenvalue weighted by Crippen LogP contribution is -2.45. The van der Waals surface area contributed by atoms with E-state index in [4.69, 9.17) is 10.7 Å². The molecule has 0 bridgehead atoms. The van der Waals surface area contributed by atoms with Crippen LogP contribution in [0, 0.1) is 17.7 Å². The average molecular weight is 414 g/mol. The highest BCUT2D eigenvalue weighted by Gasteiger charge is 2.48. The van der Waals surface area contributed by atoms with Crippen molar-refractivity contribution in [2.24, 2.45) is 22.6 Å². The number of nitrogens with zero attached hydrogens (tertiary/aromatic N) is 2. The number of nitrogens with two attached hydrogens (primary N) is 1. The van der Waals surface area contributed by atoms with E-state index < -0.39 is 5.54 Å². The maximum absolute atomic E-state index is 13.7. The molecule has 0 aromatic heterocycles. The number of hydrogen-bond donors (Lipinski definition) is 1. The lowest BCUT2D eigenvalue weighted by molar-refractivity contribution is -0.132. The molecule has 0 radical (unpaired) electrons. The van der Waals surface area contributed by atoms with Crippen molar-refractivity contribution in [1.29, 1.82) is 0 Å². The predicted molar refractivity (Wildman–Crippen MR) is 118 cm³/mol. The molecular formula is C25H36FN3O. The van der Waals surface area contributed by atoms with E-state index in [9.17, 15) is 9.18 Å². The lowest BCUT2D eigenvalue weighted by atomic mass is 9.75. The predicted octanol–water partition coefficient (Wildman–Crippen LogP) is 5.55. The molecule has 0 unspecified atom stereocenters. The third-order valence-corrected chi connectivity index (χ3v) is 7.54. The lowest BCUT2D eigenvalue weighted by Gasteiger charge is -2.33. The van der Waals surface area contributed by atoms with Crippen LogP contribution in [0.5, 0.6) is 0 Å². The van der Waals surface area contributed by atoms with Gasteiger partial charge in [-0.25, -0.2) is 9.38 Å². The molecule has 30 heavy (non-hydrogen) atoms. The van der Waals surface area contributed by atoms with Gasteiger partial charge in [0.05, 0.1) is 6.54 Å². The van der Waals surface area contributed by atoms with E-state index in [1.165, 1.54) is 76.3 Å². The van der Waals surface area contributed by atoms with E-state index in [0.717, 1.165) is 30.7 Å². The molecule has 1 amide bonds. The largest absolute Gasteiger partial charge is 0.369 e. The van der Waals surface area contributed by atoms with Crippen molar-refractivity contribution in [3.63, 3.8) is 0 Å². The molecule has 1 aromatic carbocycles. The van der Waals surface area contributed by atoms with E-state index in [0.29, 0.717) is 18.4 Å². The first-order valence-electron chi connectivity index (χ1n) is 12.0. The van der Waals surface area contributed by atoms with Crippen LogP contribution in [0.25, 0.3) is 0 Å². The first kappa shape index (κ1) is 21.3. The minimum atomic E-state index is -0.691. The molecule has 2 N–H and O–H groups in total. The highest BCUT2D eigenvalue weighted by Crippen LogP contribution is 2.41. The fourth-order valence-corrected chi connectivity index (χ4v) is 5.79. The summed E-state index contributed by atoms with van der Waals surface area (Å²) in [5.41, 5.74) is 6.51. The second-order valence-corrected chi connectivity index (χ2v) is 9.77. The SMILES string of the molecule is NC1=N[C@](CCC2CCCCC2)(CC2CCCCC2)C(=O)N1Cc1ccc(F)cc1. The first-order chi connectivity index (χ1) is 14.6. The zero-order valence-corrected chi connectivity index (χ0v) is 18.1. The van der Waals surface area contributed by atoms with Gasteiger partial charge in [0.1, 0.15) is 11.4 Å². The molecule has 1 aromatic rings. The molecule has 4 rings (SSSR count). The quantitative estimate of drug-likeness (QED) is 0.637. The summed E-state index contributed by atoms with van der Waals surface area (Å²) in [6, 6.07) is 6.31. The Bertz CT molecular complexity index is 750. The molecule has 5 heteroatoms. The van der Waals surface area contributed by atoms with Crippen LogP contribution in [-0.2, 0) is 11.3 Å². The average Bonchev–Trinajstić information content (AvgIpc) is 2.99. The van der Waals surface area contributed by atoms with E-state index in [1.54, 1.807) is 17.0 Å². The van der Waals surface area contributed by atoms with Crippen molar-refractivity contribution in [2.45, 2.75) is 95.6 Å². The molecular weight excluding hydrogens is 377 g/mol. The normalized spacial score (nSPS) is 26.2. The van der Waals surface area contributed by atoms with Crippen LogP contribution in [0.4, 0.5) is 4.39 Å². The van der Waals surface area contributed by atoms with Crippen LogP contribution in [0.2, 0.25) is 0 Å².